The molecule has 108 valence electrons. The third kappa shape index (κ3) is 2.65. The lowest BCUT2D eigenvalue weighted by molar-refractivity contribution is 0.0942. The maximum absolute atomic E-state index is 12.3. The van der Waals surface area contributed by atoms with E-state index in [1.165, 1.54) is 25.7 Å². The predicted molar refractivity (Wildman–Crippen MR) is 79.7 cm³/mol. The fourth-order valence-corrected chi connectivity index (χ4v) is 3.87. The van der Waals surface area contributed by atoms with Crippen molar-refractivity contribution in [2.24, 2.45) is 17.8 Å². The minimum absolute atomic E-state index is 0.0196. The Kier molecular flexibility index (Phi) is 3.90. The normalized spacial score (nSPS) is 27.6. The summed E-state index contributed by atoms with van der Waals surface area (Å²) < 4.78 is 0. The quantitative estimate of drug-likeness (QED) is 0.867. The Morgan fingerprint density at radius 2 is 2.30 bits per heavy atom. The standard InChI is InChI=1S/C16H23N3O/c1-2-18-15-10-17-6-5-14(15)16(20)19-9-13-8-11-3-4-12(13)7-11/h5-6,10-13,18H,2-4,7-9H2,1H3,(H,19,20). The number of nitrogens with one attached hydrogen (secondary N) is 2. The molecule has 2 N–H and O–H groups in total. The van der Waals surface area contributed by atoms with E-state index in [1.807, 2.05) is 6.92 Å². The summed E-state index contributed by atoms with van der Waals surface area (Å²) in [4.78, 5) is 16.4. The topological polar surface area (TPSA) is 54.0 Å². The molecule has 2 bridgehead atoms. The molecule has 3 unspecified atom stereocenters. The molecule has 0 radical (unpaired) electrons. The van der Waals surface area contributed by atoms with Crippen LogP contribution in [0.2, 0.25) is 0 Å². The lowest BCUT2D eigenvalue weighted by Gasteiger charge is -2.22. The summed E-state index contributed by atoms with van der Waals surface area (Å²) in [6.45, 7) is 3.64. The van der Waals surface area contributed by atoms with Gasteiger partial charge in [-0.25, -0.2) is 0 Å². The van der Waals surface area contributed by atoms with Crippen LogP contribution < -0.4 is 10.6 Å². The van der Waals surface area contributed by atoms with Gasteiger partial charge in [0.1, 0.15) is 0 Å². The van der Waals surface area contributed by atoms with Crippen LogP contribution in [0.5, 0.6) is 0 Å². The Labute approximate surface area is 120 Å². The second-order valence-electron chi connectivity index (χ2n) is 6.10. The SMILES string of the molecule is CCNc1cnccc1C(=O)NCC1CC2CCC1C2. The molecule has 2 saturated carbocycles. The van der Waals surface area contributed by atoms with Gasteiger partial charge in [0.25, 0.3) is 5.91 Å². The lowest BCUT2D eigenvalue weighted by atomic mass is 9.89. The van der Waals surface area contributed by atoms with Crippen molar-refractivity contribution in [1.29, 1.82) is 0 Å². The number of carbonyl (C=O) groups excluding carboxylic acids is 1. The number of anilines is 1. The van der Waals surface area contributed by atoms with Crippen molar-refractivity contribution in [2.75, 3.05) is 18.4 Å². The van der Waals surface area contributed by atoms with Gasteiger partial charge in [-0.05, 0) is 50.0 Å². The lowest BCUT2D eigenvalue weighted by Crippen LogP contribution is -2.32. The third-order valence-electron chi connectivity index (χ3n) is 4.84. The van der Waals surface area contributed by atoms with E-state index in [1.54, 1.807) is 18.5 Å². The van der Waals surface area contributed by atoms with Gasteiger partial charge >= 0.3 is 0 Å². The van der Waals surface area contributed by atoms with Crippen molar-refractivity contribution in [3.05, 3.63) is 24.0 Å². The molecule has 3 atom stereocenters. The maximum Gasteiger partial charge on any atom is 0.253 e. The summed E-state index contributed by atoms with van der Waals surface area (Å²) in [5, 5.41) is 6.31. The van der Waals surface area contributed by atoms with E-state index < -0.39 is 0 Å². The summed E-state index contributed by atoms with van der Waals surface area (Å²) >= 11 is 0. The molecule has 1 aromatic heterocycles. The highest BCUT2D eigenvalue weighted by Gasteiger charge is 2.39. The molecule has 1 amide bonds. The third-order valence-corrected chi connectivity index (χ3v) is 4.84. The first-order valence-corrected chi connectivity index (χ1v) is 7.74. The number of aromatic nitrogens is 1. The van der Waals surface area contributed by atoms with Crippen molar-refractivity contribution >= 4 is 11.6 Å². The highest BCUT2D eigenvalue weighted by Crippen LogP contribution is 2.47. The van der Waals surface area contributed by atoms with Crippen LogP contribution in [0.3, 0.4) is 0 Å². The van der Waals surface area contributed by atoms with Gasteiger partial charge in [-0.3, -0.25) is 9.78 Å². The second-order valence-corrected chi connectivity index (χ2v) is 6.10. The average molecular weight is 273 g/mol. The van der Waals surface area contributed by atoms with Crippen LogP contribution in [0, 0.1) is 17.8 Å². The average Bonchev–Trinajstić information content (AvgIpc) is 3.08. The van der Waals surface area contributed by atoms with Gasteiger partial charge in [-0.15, -0.1) is 0 Å². The van der Waals surface area contributed by atoms with E-state index in [0.29, 0.717) is 11.5 Å². The Balaban J connectivity index is 1.59. The molecule has 4 heteroatoms. The molecular formula is C16H23N3O. The van der Waals surface area contributed by atoms with E-state index in [0.717, 1.165) is 30.6 Å². The molecule has 0 aromatic carbocycles. The van der Waals surface area contributed by atoms with E-state index in [2.05, 4.69) is 15.6 Å². The Morgan fingerprint density at radius 1 is 1.40 bits per heavy atom. The van der Waals surface area contributed by atoms with Crippen LogP contribution >= 0.6 is 0 Å². The maximum atomic E-state index is 12.3. The summed E-state index contributed by atoms with van der Waals surface area (Å²) in [5.74, 6) is 2.50. The summed E-state index contributed by atoms with van der Waals surface area (Å²) in [5.41, 5.74) is 1.52. The molecule has 0 saturated heterocycles. The number of hydrogen-bond donors (Lipinski definition) is 2. The Hall–Kier alpha value is -1.58. The van der Waals surface area contributed by atoms with Crippen LogP contribution in [-0.4, -0.2) is 24.0 Å². The second kappa shape index (κ2) is 5.81. The summed E-state index contributed by atoms with van der Waals surface area (Å²) in [6, 6.07) is 1.79. The van der Waals surface area contributed by atoms with E-state index in [4.69, 9.17) is 0 Å². The molecular weight excluding hydrogens is 250 g/mol. The number of pyridine rings is 1. The number of carbonyl (C=O) groups is 1. The first-order valence-electron chi connectivity index (χ1n) is 7.74. The van der Waals surface area contributed by atoms with E-state index in [9.17, 15) is 4.79 Å². The zero-order chi connectivity index (χ0) is 13.9. The first kappa shape index (κ1) is 13.4. The van der Waals surface area contributed by atoms with Crippen LogP contribution in [0.15, 0.2) is 18.5 Å². The molecule has 2 aliphatic rings. The highest BCUT2D eigenvalue weighted by molar-refractivity contribution is 5.99. The van der Waals surface area contributed by atoms with Crippen LogP contribution in [-0.2, 0) is 0 Å². The van der Waals surface area contributed by atoms with Crippen molar-refractivity contribution in [1.82, 2.24) is 10.3 Å². The smallest absolute Gasteiger partial charge is 0.253 e. The largest absolute Gasteiger partial charge is 0.383 e. The summed E-state index contributed by atoms with van der Waals surface area (Å²) in [7, 11) is 0. The van der Waals surface area contributed by atoms with E-state index >= 15 is 0 Å². The highest BCUT2D eigenvalue weighted by atomic mass is 16.1. The van der Waals surface area contributed by atoms with Gasteiger partial charge in [-0.1, -0.05) is 6.42 Å². The molecule has 1 heterocycles. The monoisotopic (exact) mass is 273 g/mol. The Morgan fingerprint density at radius 3 is 3.00 bits per heavy atom. The zero-order valence-corrected chi connectivity index (χ0v) is 12.1. The van der Waals surface area contributed by atoms with Gasteiger partial charge in [0.05, 0.1) is 17.4 Å². The molecule has 4 nitrogen and oxygen atoms in total. The zero-order valence-electron chi connectivity index (χ0n) is 12.1. The van der Waals surface area contributed by atoms with Crippen LogP contribution in [0.25, 0.3) is 0 Å². The number of nitrogens with zero attached hydrogens (tertiary/aromatic N) is 1. The molecule has 0 spiro atoms. The van der Waals surface area contributed by atoms with Crippen LogP contribution in [0.4, 0.5) is 5.69 Å². The van der Waals surface area contributed by atoms with E-state index in [-0.39, 0.29) is 5.91 Å². The number of amides is 1. The predicted octanol–water partition coefficient (Wildman–Crippen LogP) is 2.68. The Bertz CT molecular complexity index is 488. The number of fused-ring (bicyclic) bond motifs is 2. The fraction of sp³-hybridized carbons (Fsp3) is 0.625. The number of hydrogen-bond acceptors (Lipinski definition) is 3. The van der Waals surface area contributed by atoms with Gasteiger partial charge in [0, 0.05) is 19.3 Å². The first-order chi connectivity index (χ1) is 9.78. The van der Waals surface area contributed by atoms with Crippen molar-refractivity contribution < 1.29 is 4.79 Å². The minimum atomic E-state index is 0.0196. The van der Waals surface area contributed by atoms with Gasteiger partial charge < -0.3 is 10.6 Å². The molecule has 2 aliphatic carbocycles. The number of rotatable bonds is 5. The summed E-state index contributed by atoms with van der Waals surface area (Å²) in [6.07, 6.45) is 8.86. The minimum Gasteiger partial charge on any atom is -0.383 e. The van der Waals surface area contributed by atoms with Gasteiger partial charge in [0.2, 0.25) is 0 Å². The molecule has 3 rings (SSSR count). The van der Waals surface area contributed by atoms with Gasteiger partial charge in [0.15, 0.2) is 0 Å². The molecule has 2 fully saturated rings. The van der Waals surface area contributed by atoms with Crippen molar-refractivity contribution in [3.8, 4) is 0 Å². The van der Waals surface area contributed by atoms with Crippen molar-refractivity contribution in [3.63, 3.8) is 0 Å². The fourth-order valence-electron chi connectivity index (χ4n) is 3.87. The molecule has 20 heavy (non-hydrogen) atoms. The molecule has 1 aromatic rings. The molecule has 0 aliphatic heterocycles. The van der Waals surface area contributed by atoms with Crippen LogP contribution in [0.1, 0.15) is 43.0 Å². The van der Waals surface area contributed by atoms with Crippen molar-refractivity contribution in [2.45, 2.75) is 32.6 Å². The van der Waals surface area contributed by atoms with Gasteiger partial charge in [-0.2, -0.15) is 0 Å².